The van der Waals surface area contributed by atoms with Crippen molar-refractivity contribution in [2.24, 2.45) is 0 Å². The Morgan fingerprint density at radius 1 is 1.21 bits per heavy atom. The predicted molar refractivity (Wildman–Crippen MR) is 55.1 cm³/mol. The van der Waals surface area contributed by atoms with Crippen LogP contribution in [0.25, 0.3) is 0 Å². The van der Waals surface area contributed by atoms with Crippen molar-refractivity contribution in [2.75, 3.05) is 19.5 Å². The lowest BCUT2D eigenvalue weighted by Crippen LogP contribution is -2.15. The van der Waals surface area contributed by atoms with Gasteiger partial charge in [0.25, 0.3) is 0 Å². The summed E-state index contributed by atoms with van der Waals surface area (Å²) in [5, 5.41) is 0.819. The van der Waals surface area contributed by atoms with Crippen LogP contribution in [0.4, 0.5) is 0 Å². The Kier molecular flexibility index (Phi) is 7.10. The number of carbonyl (C=O) groups is 2. The Balaban J connectivity index is 4.46. The smallest absolute Gasteiger partial charge is 0.344 e. The summed E-state index contributed by atoms with van der Waals surface area (Å²) < 4.78 is 8.89. The molecule has 0 unspecified atom stereocenters. The predicted octanol–water partition coefficient (Wildman–Crippen LogP) is 1.43. The van der Waals surface area contributed by atoms with Crippen molar-refractivity contribution in [3.05, 3.63) is 11.6 Å². The fraction of sp³-hybridized carbons (Fsp3) is 0.556. The normalized spacial score (nSPS) is 9.07. The van der Waals surface area contributed by atoms with E-state index in [0.717, 1.165) is 11.8 Å². The van der Waals surface area contributed by atoms with Gasteiger partial charge in [0.05, 0.1) is 14.2 Å². The van der Waals surface area contributed by atoms with E-state index in [4.69, 9.17) is 0 Å². The van der Waals surface area contributed by atoms with E-state index in [2.05, 4.69) is 25.4 Å². The number of methoxy groups -OCH3 is 2. The first-order chi connectivity index (χ1) is 6.67. The highest BCUT2D eigenvalue weighted by atomic mass is 79.9. The van der Waals surface area contributed by atoms with E-state index in [9.17, 15) is 9.59 Å². The number of allylic oxidation sites excluding steroid dienone is 1. The van der Waals surface area contributed by atoms with Crippen LogP contribution in [0.3, 0.4) is 0 Å². The molecule has 0 atom stereocenters. The molecule has 0 aliphatic carbocycles. The molecular formula is C9H13BrO4. The van der Waals surface area contributed by atoms with E-state index in [1.807, 2.05) is 0 Å². The lowest BCUT2D eigenvalue weighted by atomic mass is 10.2. The summed E-state index contributed by atoms with van der Waals surface area (Å²) in [4.78, 5) is 22.2. The van der Waals surface area contributed by atoms with Gasteiger partial charge in [0.15, 0.2) is 0 Å². The molecule has 0 aliphatic heterocycles. The highest BCUT2D eigenvalue weighted by molar-refractivity contribution is 9.09. The second-order valence-corrected chi connectivity index (χ2v) is 3.23. The Bertz CT molecular complexity index is 217. The second-order valence-electron chi connectivity index (χ2n) is 2.43. The standard InChI is InChI=1S/C9H13BrO4/c1-13-8(11)7(9(12)14-2)5-3-4-6-10/h5H,3-4,6H2,1-2H3. The summed E-state index contributed by atoms with van der Waals surface area (Å²) in [5.74, 6) is -1.32. The van der Waals surface area contributed by atoms with Crippen molar-refractivity contribution in [2.45, 2.75) is 12.8 Å². The van der Waals surface area contributed by atoms with Gasteiger partial charge in [0.1, 0.15) is 5.57 Å². The van der Waals surface area contributed by atoms with Gasteiger partial charge in [-0.25, -0.2) is 9.59 Å². The van der Waals surface area contributed by atoms with E-state index >= 15 is 0 Å². The van der Waals surface area contributed by atoms with Gasteiger partial charge >= 0.3 is 11.9 Å². The molecule has 0 aromatic carbocycles. The van der Waals surface area contributed by atoms with Crippen LogP contribution >= 0.6 is 15.9 Å². The third kappa shape index (κ3) is 4.41. The zero-order valence-corrected chi connectivity index (χ0v) is 9.80. The molecule has 0 saturated heterocycles. The number of hydrogen-bond donors (Lipinski definition) is 0. The molecule has 0 saturated carbocycles. The largest absolute Gasteiger partial charge is 0.465 e. The average Bonchev–Trinajstić information content (AvgIpc) is 2.22. The molecule has 0 aromatic heterocycles. The van der Waals surface area contributed by atoms with E-state index in [0.29, 0.717) is 6.42 Å². The van der Waals surface area contributed by atoms with E-state index in [1.165, 1.54) is 20.3 Å². The highest BCUT2D eigenvalue weighted by Crippen LogP contribution is 2.05. The topological polar surface area (TPSA) is 52.6 Å². The number of alkyl halides is 1. The van der Waals surface area contributed by atoms with Gasteiger partial charge < -0.3 is 9.47 Å². The van der Waals surface area contributed by atoms with Crippen molar-refractivity contribution in [3.8, 4) is 0 Å². The molecule has 0 fully saturated rings. The van der Waals surface area contributed by atoms with Crippen molar-refractivity contribution in [1.82, 2.24) is 0 Å². The van der Waals surface area contributed by atoms with E-state index in [-0.39, 0.29) is 5.57 Å². The Morgan fingerprint density at radius 2 is 1.71 bits per heavy atom. The zero-order valence-electron chi connectivity index (χ0n) is 8.21. The van der Waals surface area contributed by atoms with Crippen molar-refractivity contribution in [1.29, 1.82) is 0 Å². The fourth-order valence-electron chi connectivity index (χ4n) is 0.793. The van der Waals surface area contributed by atoms with Crippen LogP contribution in [-0.2, 0) is 19.1 Å². The van der Waals surface area contributed by atoms with E-state index in [1.54, 1.807) is 0 Å². The lowest BCUT2D eigenvalue weighted by Gasteiger charge is -2.02. The monoisotopic (exact) mass is 264 g/mol. The quantitative estimate of drug-likeness (QED) is 0.188. The summed E-state index contributed by atoms with van der Waals surface area (Å²) in [6.45, 7) is 0. The minimum absolute atomic E-state index is 0.0454. The van der Waals surface area contributed by atoms with Crippen molar-refractivity contribution in [3.63, 3.8) is 0 Å². The molecule has 4 nitrogen and oxygen atoms in total. The van der Waals surface area contributed by atoms with Crippen LogP contribution in [0.2, 0.25) is 0 Å². The maximum Gasteiger partial charge on any atom is 0.344 e. The van der Waals surface area contributed by atoms with Gasteiger partial charge in [-0.2, -0.15) is 0 Å². The van der Waals surface area contributed by atoms with Gasteiger partial charge in [-0.1, -0.05) is 22.0 Å². The number of ether oxygens (including phenoxy) is 2. The van der Waals surface area contributed by atoms with Gasteiger partial charge in [0, 0.05) is 5.33 Å². The maximum atomic E-state index is 11.1. The SMILES string of the molecule is COC(=O)C(=CCCCBr)C(=O)OC. The molecule has 14 heavy (non-hydrogen) atoms. The minimum Gasteiger partial charge on any atom is -0.465 e. The third-order valence-electron chi connectivity index (χ3n) is 1.50. The van der Waals surface area contributed by atoms with Gasteiger partial charge in [-0.05, 0) is 12.8 Å². The maximum absolute atomic E-state index is 11.1. The van der Waals surface area contributed by atoms with Crippen molar-refractivity contribution >= 4 is 27.9 Å². The number of hydrogen-bond acceptors (Lipinski definition) is 4. The molecular weight excluding hydrogens is 252 g/mol. The molecule has 0 bridgehead atoms. The molecule has 0 heterocycles. The molecule has 0 rings (SSSR count). The first-order valence-electron chi connectivity index (χ1n) is 4.10. The summed E-state index contributed by atoms with van der Waals surface area (Å²) >= 11 is 3.25. The third-order valence-corrected chi connectivity index (χ3v) is 2.06. The van der Waals surface area contributed by atoms with Crippen LogP contribution in [0, 0.1) is 0 Å². The molecule has 0 amide bonds. The first-order valence-corrected chi connectivity index (χ1v) is 5.22. The molecule has 0 N–H and O–H groups in total. The van der Waals surface area contributed by atoms with Crippen LogP contribution in [0.5, 0.6) is 0 Å². The fourth-order valence-corrected chi connectivity index (χ4v) is 1.12. The van der Waals surface area contributed by atoms with Gasteiger partial charge in [0.2, 0.25) is 0 Å². The van der Waals surface area contributed by atoms with Crippen LogP contribution in [0.1, 0.15) is 12.8 Å². The summed E-state index contributed by atoms with van der Waals surface area (Å²) in [6.07, 6.45) is 3.00. The Labute approximate surface area is 91.4 Å². The zero-order chi connectivity index (χ0) is 11.0. The number of carbonyl (C=O) groups excluding carboxylic acids is 2. The number of halogens is 1. The molecule has 0 spiro atoms. The highest BCUT2D eigenvalue weighted by Gasteiger charge is 2.18. The summed E-state index contributed by atoms with van der Waals surface area (Å²) in [7, 11) is 2.45. The van der Waals surface area contributed by atoms with Gasteiger partial charge in [-0.3, -0.25) is 0 Å². The Hall–Kier alpha value is -0.840. The molecule has 5 heteroatoms. The average molecular weight is 265 g/mol. The van der Waals surface area contributed by atoms with Crippen LogP contribution in [-0.4, -0.2) is 31.5 Å². The van der Waals surface area contributed by atoms with Gasteiger partial charge in [-0.15, -0.1) is 0 Å². The number of rotatable bonds is 5. The lowest BCUT2D eigenvalue weighted by molar-refractivity contribution is -0.144. The van der Waals surface area contributed by atoms with Crippen molar-refractivity contribution < 1.29 is 19.1 Å². The molecule has 80 valence electrons. The number of unbranched alkanes of at least 4 members (excludes halogenated alkanes) is 1. The molecule has 0 aromatic rings. The van der Waals surface area contributed by atoms with Crippen LogP contribution in [0.15, 0.2) is 11.6 Å². The number of esters is 2. The first kappa shape index (κ1) is 13.2. The van der Waals surface area contributed by atoms with E-state index < -0.39 is 11.9 Å². The van der Waals surface area contributed by atoms with Crippen LogP contribution < -0.4 is 0 Å². The summed E-state index contributed by atoms with van der Waals surface area (Å²) in [6, 6.07) is 0. The summed E-state index contributed by atoms with van der Waals surface area (Å²) in [5.41, 5.74) is -0.0454. The molecule has 0 aliphatic rings. The second kappa shape index (κ2) is 7.55. The molecule has 0 radical (unpaired) electrons. The minimum atomic E-state index is -0.661. The Morgan fingerprint density at radius 3 is 2.07 bits per heavy atom.